The first-order valence-corrected chi connectivity index (χ1v) is 8.18. The summed E-state index contributed by atoms with van der Waals surface area (Å²) in [5, 5.41) is 2.97. The van der Waals surface area contributed by atoms with Gasteiger partial charge in [0.05, 0.1) is 19.3 Å². The van der Waals surface area contributed by atoms with Crippen LogP contribution in [0.3, 0.4) is 0 Å². The molecule has 1 aliphatic heterocycles. The van der Waals surface area contributed by atoms with Crippen LogP contribution in [0, 0.1) is 0 Å². The lowest BCUT2D eigenvalue weighted by Crippen LogP contribution is -2.59. The zero-order chi connectivity index (χ0) is 16.0. The van der Waals surface area contributed by atoms with Crippen molar-refractivity contribution in [2.45, 2.75) is 65.8 Å². The summed E-state index contributed by atoms with van der Waals surface area (Å²) in [6.45, 7) is 16.8. The molecule has 1 saturated heterocycles. The number of hydrogen-bond donors (Lipinski definition) is 1. The third kappa shape index (κ3) is 6.76. The van der Waals surface area contributed by atoms with Crippen LogP contribution in [0.2, 0.25) is 0 Å². The topological polar surface area (TPSA) is 44.8 Å². The number of nitrogens with zero attached hydrogens (tertiary/aromatic N) is 2. The van der Waals surface area contributed by atoms with Gasteiger partial charge in [-0.15, -0.1) is 0 Å². The lowest BCUT2D eigenvalue weighted by molar-refractivity contribution is -0.125. The molecule has 1 fully saturated rings. The maximum Gasteiger partial charge on any atom is 0.234 e. The van der Waals surface area contributed by atoms with Gasteiger partial charge in [0.25, 0.3) is 0 Å². The predicted molar refractivity (Wildman–Crippen MR) is 86.4 cm³/mol. The monoisotopic (exact) mass is 299 g/mol. The van der Waals surface area contributed by atoms with Crippen LogP contribution in [0.15, 0.2) is 0 Å². The van der Waals surface area contributed by atoms with E-state index in [1.54, 1.807) is 0 Å². The van der Waals surface area contributed by atoms with E-state index in [4.69, 9.17) is 4.74 Å². The van der Waals surface area contributed by atoms with E-state index in [0.717, 1.165) is 26.2 Å². The first-order chi connectivity index (χ1) is 9.79. The molecule has 1 heterocycles. The van der Waals surface area contributed by atoms with Gasteiger partial charge >= 0.3 is 0 Å². The van der Waals surface area contributed by atoms with Crippen molar-refractivity contribution in [1.29, 1.82) is 0 Å². The number of rotatable bonds is 7. The number of ether oxygens (including phenoxy) is 1. The van der Waals surface area contributed by atoms with Gasteiger partial charge in [-0.3, -0.25) is 14.6 Å². The van der Waals surface area contributed by atoms with Crippen molar-refractivity contribution < 1.29 is 9.53 Å². The normalized spacial score (nSPS) is 24.8. The minimum atomic E-state index is 0.125. The van der Waals surface area contributed by atoms with Crippen molar-refractivity contribution in [2.24, 2.45) is 0 Å². The number of carbonyl (C=O) groups is 1. The highest BCUT2D eigenvalue weighted by Gasteiger charge is 2.30. The fourth-order valence-corrected chi connectivity index (χ4v) is 2.91. The smallest absolute Gasteiger partial charge is 0.234 e. The molecule has 1 unspecified atom stereocenters. The molecule has 1 amide bonds. The molecule has 0 radical (unpaired) electrons. The molecule has 0 saturated carbocycles. The number of piperazine rings is 1. The SMILES string of the molecule is CC(C)NC(=O)CN1C(C)CN(CCOC(C)C)C[C@@H]1C. The third-order valence-corrected chi connectivity index (χ3v) is 3.81. The van der Waals surface area contributed by atoms with Crippen molar-refractivity contribution >= 4 is 5.91 Å². The highest BCUT2D eigenvalue weighted by molar-refractivity contribution is 5.78. The van der Waals surface area contributed by atoms with Gasteiger partial charge in [-0.1, -0.05) is 0 Å². The largest absolute Gasteiger partial charge is 0.377 e. The van der Waals surface area contributed by atoms with E-state index < -0.39 is 0 Å². The van der Waals surface area contributed by atoms with Crippen LogP contribution in [0.4, 0.5) is 0 Å². The second-order valence-corrected chi connectivity index (χ2v) is 6.77. The van der Waals surface area contributed by atoms with E-state index >= 15 is 0 Å². The number of amides is 1. The second-order valence-electron chi connectivity index (χ2n) is 6.77. The summed E-state index contributed by atoms with van der Waals surface area (Å²) in [5.41, 5.74) is 0. The molecule has 1 rings (SSSR count). The molecule has 0 aromatic heterocycles. The Labute approximate surface area is 130 Å². The molecule has 2 atom stereocenters. The summed E-state index contributed by atoms with van der Waals surface area (Å²) in [5.74, 6) is 0.125. The minimum Gasteiger partial charge on any atom is -0.377 e. The fourth-order valence-electron chi connectivity index (χ4n) is 2.91. The molecular weight excluding hydrogens is 266 g/mol. The molecule has 0 aliphatic carbocycles. The average molecular weight is 299 g/mol. The van der Waals surface area contributed by atoms with Crippen LogP contribution >= 0.6 is 0 Å². The van der Waals surface area contributed by atoms with Crippen molar-refractivity contribution in [3.63, 3.8) is 0 Å². The summed E-state index contributed by atoms with van der Waals surface area (Å²) in [7, 11) is 0. The van der Waals surface area contributed by atoms with Crippen molar-refractivity contribution in [3.8, 4) is 0 Å². The van der Waals surface area contributed by atoms with Gasteiger partial charge in [0, 0.05) is 37.8 Å². The average Bonchev–Trinajstić information content (AvgIpc) is 2.32. The number of carbonyl (C=O) groups excluding carboxylic acids is 1. The molecule has 5 heteroatoms. The Morgan fingerprint density at radius 3 is 2.24 bits per heavy atom. The third-order valence-electron chi connectivity index (χ3n) is 3.81. The van der Waals surface area contributed by atoms with Gasteiger partial charge in [0.15, 0.2) is 0 Å². The van der Waals surface area contributed by atoms with Crippen LogP contribution in [0.1, 0.15) is 41.5 Å². The van der Waals surface area contributed by atoms with Crippen LogP contribution in [0.25, 0.3) is 0 Å². The maximum atomic E-state index is 12.0. The molecule has 0 aromatic rings. The lowest BCUT2D eigenvalue weighted by atomic mass is 10.1. The van der Waals surface area contributed by atoms with E-state index in [0.29, 0.717) is 24.7 Å². The first-order valence-electron chi connectivity index (χ1n) is 8.18. The van der Waals surface area contributed by atoms with E-state index in [2.05, 4.69) is 42.8 Å². The minimum absolute atomic E-state index is 0.125. The molecule has 0 spiro atoms. The zero-order valence-electron chi connectivity index (χ0n) is 14.6. The molecule has 0 aromatic carbocycles. The van der Waals surface area contributed by atoms with Crippen LogP contribution in [0.5, 0.6) is 0 Å². The van der Waals surface area contributed by atoms with Gasteiger partial charge in [0.1, 0.15) is 0 Å². The predicted octanol–water partition coefficient (Wildman–Crippen LogP) is 1.33. The molecule has 0 bridgehead atoms. The summed E-state index contributed by atoms with van der Waals surface area (Å²) >= 11 is 0. The lowest BCUT2D eigenvalue weighted by Gasteiger charge is -2.44. The van der Waals surface area contributed by atoms with Gasteiger partial charge < -0.3 is 10.1 Å². The molecule has 124 valence electrons. The Morgan fingerprint density at radius 1 is 1.19 bits per heavy atom. The van der Waals surface area contributed by atoms with Crippen molar-refractivity contribution in [1.82, 2.24) is 15.1 Å². The van der Waals surface area contributed by atoms with Crippen LogP contribution in [-0.4, -0.2) is 72.7 Å². The first kappa shape index (κ1) is 18.4. The van der Waals surface area contributed by atoms with Crippen LogP contribution < -0.4 is 5.32 Å². The van der Waals surface area contributed by atoms with Crippen LogP contribution in [-0.2, 0) is 9.53 Å². The Morgan fingerprint density at radius 2 is 1.76 bits per heavy atom. The standard InChI is InChI=1S/C16H33N3O2/c1-12(2)17-16(20)11-19-14(5)9-18(10-15(19)6)7-8-21-13(3)4/h12-15H,7-11H2,1-6H3,(H,17,20)/t14-,15?/m0/s1. The number of hydrogen-bond acceptors (Lipinski definition) is 4. The quantitative estimate of drug-likeness (QED) is 0.770. The highest BCUT2D eigenvalue weighted by atomic mass is 16.5. The molecule has 5 nitrogen and oxygen atoms in total. The summed E-state index contributed by atoms with van der Waals surface area (Å²) in [4.78, 5) is 16.7. The Bertz CT molecular complexity index is 309. The highest BCUT2D eigenvalue weighted by Crippen LogP contribution is 2.15. The van der Waals surface area contributed by atoms with E-state index in [1.807, 2.05) is 13.8 Å². The van der Waals surface area contributed by atoms with Crippen molar-refractivity contribution in [3.05, 3.63) is 0 Å². The second kappa shape index (κ2) is 8.71. The molecule has 21 heavy (non-hydrogen) atoms. The summed E-state index contributed by atoms with van der Waals surface area (Å²) in [6.07, 6.45) is 0.292. The Hall–Kier alpha value is -0.650. The van der Waals surface area contributed by atoms with E-state index in [1.165, 1.54) is 0 Å². The molecular formula is C16H33N3O2. The van der Waals surface area contributed by atoms with Gasteiger partial charge in [-0.25, -0.2) is 0 Å². The summed E-state index contributed by atoms with van der Waals surface area (Å²) < 4.78 is 5.63. The maximum absolute atomic E-state index is 12.0. The molecule has 1 N–H and O–H groups in total. The van der Waals surface area contributed by atoms with Gasteiger partial charge in [-0.05, 0) is 41.5 Å². The Balaban J connectivity index is 2.41. The summed E-state index contributed by atoms with van der Waals surface area (Å²) in [6, 6.07) is 0.994. The van der Waals surface area contributed by atoms with Crippen molar-refractivity contribution in [2.75, 3.05) is 32.8 Å². The van der Waals surface area contributed by atoms with E-state index in [9.17, 15) is 4.79 Å². The Kier molecular flexibility index (Phi) is 7.63. The van der Waals surface area contributed by atoms with Gasteiger partial charge in [-0.2, -0.15) is 0 Å². The molecule has 1 aliphatic rings. The van der Waals surface area contributed by atoms with E-state index in [-0.39, 0.29) is 11.9 Å². The zero-order valence-corrected chi connectivity index (χ0v) is 14.6. The number of nitrogens with one attached hydrogen (secondary N) is 1. The van der Waals surface area contributed by atoms with Gasteiger partial charge in [0.2, 0.25) is 5.91 Å². The fraction of sp³-hybridized carbons (Fsp3) is 0.938.